The third-order valence-electron chi connectivity index (χ3n) is 3.91. The van der Waals surface area contributed by atoms with Crippen molar-refractivity contribution in [3.05, 3.63) is 29.3 Å². The Balaban J connectivity index is 1.90. The average Bonchev–Trinajstić information content (AvgIpc) is 2.91. The number of carbonyl (C=O) groups excluding carboxylic acids is 2. The molecule has 0 aromatic heterocycles. The quantitative estimate of drug-likeness (QED) is 0.835. The van der Waals surface area contributed by atoms with Crippen molar-refractivity contribution < 1.29 is 9.59 Å². The van der Waals surface area contributed by atoms with Gasteiger partial charge in [-0.2, -0.15) is 0 Å². The van der Waals surface area contributed by atoms with Crippen molar-refractivity contribution in [3.63, 3.8) is 0 Å². The Hall–Kier alpha value is -1.26. The van der Waals surface area contributed by atoms with Crippen molar-refractivity contribution in [2.45, 2.75) is 31.5 Å². The van der Waals surface area contributed by atoms with Gasteiger partial charge in [0, 0.05) is 5.69 Å². The maximum atomic E-state index is 12.0. The van der Waals surface area contributed by atoms with E-state index in [1.54, 1.807) is 6.92 Å². The molecule has 0 heterocycles. The molecule has 1 saturated carbocycles. The lowest BCUT2D eigenvalue weighted by Crippen LogP contribution is -2.38. The Morgan fingerprint density at radius 3 is 2.24 bits per heavy atom. The number of para-hydroxylation sites is 1. The molecule has 1 aliphatic carbocycles. The highest BCUT2D eigenvalue weighted by molar-refractivity contribution is 6.53. The molecule has 0 aliphatic heterocycles. The van der Waals surface area contributed by atoms with Crippen LogP contribution >= 0.6 is 23.2 Å². The van der Waals surface area contributed by atoms with E-state index in [0.29, 0.717) is 6.42 Å². The number of anilines is 1. The number of carbonyl (C=O) groups is 2. The molecule has 0 bridgehead atoms. The summed E-state index contributed by atoms with van der Waals surface area (Å²) in [6.07, 6.45) is 0.396. The first-order valence-corrected chi connectivity index (χ1v) is 7.45. The number of hydrogen-bond acceptors (Lipinski definition) is 2. The molecule has 0 saturated heterocycles. The fourth-order valence-corrected chi connectivity index (χ4v) is 2.90. The smallest absolute Gasteiger partial charge is 0.243 e. The van der Waals surface area contributed by atoms with Gasteiger partial charge >= 0.3 is 0 Å². The zero-order valence-electron chi connectivity index (χ0n) is 12.2. The Kier molecular flexibility index (Phi) is 4.22. The highest BCUT2D eigenvalue weighted by Gasteiger charge is 2.67. The highest BCUT2D eigenvalue weighted by atomic mass is 35.5. The minimum atomic E-state index is -1.03. The summed E-state index contributed by atoms with van der Waals surface area (Å²) >= 11 is 11.9. The van der Waals surface area contributed by atoms with E-state index in [4.69, 9.17) is 23.2 Å². The number of hydrogen-bond donors (Lipinski definition) is 2. The lowest BCUT2D eigenvalue weighted by atomic mass is 10.1. The van der Waals surface area contributed by atoms with Crippen molar-refractivity contribution in [2.24, 2.45) is 5.41 Å². The topological polar surface area (TPSA) is 58.2 Å². The number of nitrogens with one attached hydrogen (secondary N) is 2. The third-order valence-corrected chi connectivity index (χ3v) is 5.02. The molecule has 2 rings (SSSR count). The first kappa shape index (κ1) is 16.1. The van der Waals surface area contributed by atoms with Crippen LogP contribution in [0.15, 0.2) is 18.2 Å². The molecule has 2 amide bonds. The Labute approximate surface area is 134 Å². The van der Waals surface area contributed by atoms with E-state index >= 15 is 0 Å². The van der Waals surface area contributed by atoms with Crippen molar-refractivity contribution in [2.75, 3.05) is 11.9 Å². The zero-order valence-corrected chi connectivity index (χ0v) is 13.7. The molecule has 0 radical (unpaired) electrons. The van der Waals surface area contributed by atoms with Crippen LogP contribution in [0.4, 0.5) is 5.69 Å². The Morgan fingerprint density at radius 1 is 1.24 bits per heavy atom. The summed E-state index contributed by atoms with van der Waals surface area (Å²) in [6, 6.07) is 5.76. The molecule has 0 unspecified atom stereocenters. The van der Waals surface area contributed by atoms with Crippen LogP contribution < -0.4 is 10.6 Å². The lowest BCUT2D eigenvalue weighted by Gasteiger charge is -2.14. The first-order valence-electron chi connectivity index (χ1n) is 6.69. The summed E-state index contributed by atoms with van der Waals surface area (Å²) in [4.78, 5) is 23.9. The first-order chi connectivity index (χ1) is 9.67. The molecular weight excluding hydrogens is 311 g/mol. The number of halogens is 2. The zero-order chi connectivity index (χ0) is 15.8. The molecule has 6 heteroatoms. The Morgan fingerprint density at radius 2 is 1.76 bits per heavy atom. The predicted octanol–water partition coefficient (Wildman–Crippen LogP) is 2.94. The summed E-state index contributed by atoms with van der Waals surface area (Å²) in [6.45, 7) is 5.42. The van der Waals surface area contributed by atoms with Crippen molar-refractivity contribution in [3.8, 4) is 0 Å². The number of benzene rings is 1. The maximum Gasteiger partial charge on any atom is 0.243 e. The summed E-state index contributed by atoms with van der Waals surface area (Å²) in [5, 5.41) is 5.39. The number of rotatable bonds is 4. The number of alkyl halides is 2. The lowest BCUT2D eigenvalue weighted by molar-refractivity contribution is -0.127. The summed E-state index contributed by atoms with van der Waals surface area (Å²) in [5.74, 6) is -0.580. The van der Waals surface area contributed by atoms with Gasteiger partial charge in [0.15, 0.2) is 0 Å². The number of amides is 2. The summed E-state index contributed by atoms with van der Waals surface area (Å²) in [5.41, 5.74) is 1.92. The monoisotopic (exact) mass is 328 g/mol. The van der Waals surface area contributed by atoms with Crippen molar-refractivity contribution in [1.29, 1.82) is 0 Å². The van der Waals surface area contributed by atoms with E-state index in [1.165, 1.54) is 0 Å². The van der Waals surface area contributed by atoms with Crippen LogP contribution in [0.25, 0.3) is 0 Å². The van der Waals surface area contributed by atoms with E-state index in [1.807, 2.05) is 32.0 Å². The Bertz CT molecular complexity index is 581. The molecule has 1 aromatic rings. The van der Waals surface area contributed by atoms with Gasteiger partial charge in [-0.1, -0.05) is 18.2 Å². The normalized spacial score (nSPS) is 22.5. The fourth-order valence-electron chi connectivity index (χ4n) is 2.20. The van der Waals surface area contributed by atoms with E-state index in [-0.39, 0.29) is 18.4 Å². The SMILES string of the molecule is Cc1cccc(C)c1NC(=O)CNC(=O)[C@@]1(C)CC1(Cl)Cl. The van der Waals surface area contributed by atoms with Gasteiger partial charge < -0.3 is 10.6 Å². The van der Waals surface area contributed by atoms with E-state index in [0.717, 1.165) is 16.8 Å². The predicted molar refractivity (Wildman–Crippen MR) is 84.7 cm³/mol. The van der Waals surface area contributed by atoms with Gasteiger partial charge in [0.25, 0.3) is 0 Å². The van der Waals surface area contributed by atoms with Gasteiger partial charge in [-0.15, -0.1) is 23.2 Å². The molecule has 114 valence electrons. The average molecular weight is 329 g/mol. The molecule has 4 nitrogen and oxygen atoms in total. The summed E-state index contributed by atoms with van der Waals surface area (Å²) in [7, 11) is 0. The molecular formula is C15H18Cl2N2O2. The molecule has 2 N–H and O–H groups in total. The number of aryl methyl sites for hydroxylation is 2. The van der Waals surface area contributed by atoms with Crippen LogP contribution in [-0.4, -0.2) is 22.7 Å². The molecule has 1 fully saturated rings. The molecule has 21 heavy (non-hydrogen) atoms. The summed E-state index contributed by atoms with van der Waals surface area (Å²) < 4.78 is -1.03. The second kappa shape index (κ2) is 5.50. The van der Waals surface area contributed by atoms with Crippen LogP contribution in [0, 0.1) is 19.3 Å². The van der Waals surface area contributed by atoms with Crippen molar-refractivity contribution in [1.82, 2.24) is 5.32 Å². The fraction of sp³-hybridized carbons (Fsp3) is 0.467. The maximum absolute atomic E-state index is 12.0. The van der Waals surface area contributed by atoms with Gasteiger partial charge in [-0.05, 0) is 38.3 Å². The van der Waals surface area contributed by atoms with Crippen LogP contribution in [0.3, 0.4) is 0 Å². The van der Waals surface area contributed by atoms with E-state index in [2.05, 4.69) is 10.6 Å². The minimum absolute atomic E-state index is 0.105. The van der Waals surface area contributed by atoms with Crippen LogP contribution in [0.2, 0.25) is 0 Å². The molecule has 1 aliphatic rings. The minimum Gasteiger partial charge on any atom is -0.346 e. The standard InChI is InChI=1S/C15H18Cl2N2O2/c1-9-5-4-6-10(2)12(9)19-11(20)7-18-13(21)14(3)8-15(14,16)17/h4-6H,7-8H2,1-3H3,(H,18,21)(H,19,20)/t14-/m1/s1. The van der Waals surface area contributed by atoms with Gasteiger partial charge in [0.1, 0.15) is 4.33 Å². The van der Waals surface area contributed by atoms with Crippen LogP contribution in [-0.2, 0) is 9.59 Å². The van der Waals surface area contributed by atoms with Crippen LogP contribution in [0.5, 0.6) is 0 Å². The van der Waals surface area contributed by atoms with Gasteiger partial charge in [0.2, 0.25) is 11.8 Å². The largest absolute Gasteiger partial charge is 0.346 e. The second-order valence-electron chi connectivity index (χ2n) is 5.71. The molecule has 1 aromatic carbocycles. The second-order valence-corrected chi connectivity index (χ2v) is 7.19. The van der Waals surface area contributed by atoms with Gasteiger partial charge in [-0.25, -0.2) is 0 Å². The molecule has 0 spiro atoms. The van der Waals surface area contributed by atoms with Crippen LogP contribution in [0.1, 0.15) is 24.5 Å². The van der Waals surface area contributed by atoms with E-state index < -0.39 is 9.75 Å². The van der Waals surface area contributed by atoms with Gasteiger partial charge in [-0.3, -0.25) is 9.59 Å². The van der Waals surface area contributed by atoms with Crippen molar-refractivity contribution >= 4 is 40.7 Å². The van der Waals surface area contributed by atoms with Gasteiger partial charge in [0.05, 0.1) is 12.0 Å². The highest BCUT2D eigenvalue weighted by Crippen LogP contribution is 2.63. The molecule has 1 atom stereocenters. The third kappa shape index (κ3) is 3.16. The van der Waals surface area contributed by atoms with E-state index in [9.17, 15) is 9.59 Å².